The summed E-state index contributed by atoms with van der Waals surface area (Å²) in [6.45, 7) is 0. The van der Waals surface area contributed by atoms with Crippen LogP contribution in [0.3, 0.4) is 0 Å². The van der Waals surface area contributed by atoms with Crippen LogP contribution in [-0.4, -0.2) is 15.1 Å². The molecule has 4 nitrogen and oxygen atoms in total. The standard InChI is InChI=1S/C18H12ClN3OS/c19-14-5-2-12(3-6-14)1-4-13-11-21-18(20)22-17(13)24-16-9-7-15(23)8-10-16/h2-3,5-11,23H,(H2,20,21,22). The molecule has 118 valence electrons. The van der Waals surface area contributed by atoms with Crippen molar-refractivity contribution in [2.75, 3.05) is 5.73 Å². The van der Waals surface area contributed by atoms with Crippen LogP contribution >= 0.6 is 23.4 Å². The summed E-state index contributed by atoms with van der Waals surface area (Å²) in [6, 6.07) is 14.1. The maximum atomic E-state index is 9.36. The highest BCUT2D eigenvalue weighted by Gasteiger charge is 2.07. The first-order valence-corrected chi connectivity index (χ1v) is 8.16. The second-order valence-corrected chi connectivity index (χ2v) is 6.30. The van der Waals surface area contributed by atoms with Crippen LogP contribution in [0.15, 0.2) is 64.6 Å². The van der Waals surface area contributed by atoms with Gasteiger partial charge >= 0.3 is 0 Å². The molecule has 0 radical (unpaired) electrons. The third kappa shape index (κ3) is 4.19. The Hall–Kier alpha value is -2.68. The van der Waals surface area contributed by atoms with E-state index in [2.05, 4.69) is 21.8 Å². The van der Waals surface area contributed by atoms with Gasteiger partial charge < -0.3 is 10.8 Å². The average molecular weight is 354 g/mol. The van der Waals surface area contributed by atoms with Crippen molar-refractivity contribution in [3.8, 4) is 17.6 Å². The summed E-state index contributed by atoms with van der Waals surface area (Å²) >= 11 is 7.28. The Balaban J connectivity index is 1.91. The summed E-state index contributed by atoms with van der Waals surface area (Å²) < 4.78 is 0. The zero-order valence-electron chi connectivity index (χ0n) is 12.4. The van der Waals surface area contributed by atoms with Gasteiger partial charge in [0, 0.05) is 21.7 Å². The zero-order chi connectivity index (χ0) is 16.9. The van der Waals surface area contributed by atoms with Crippen LogP contribution in [0.2, 0.25) is 5.02 Å². The van der Waals surface area contributed by atoms with E-state index in [0.717, 1.165) is 10.5 Å². The van der Waals surface area contributed by atoms with Gasteiger partial charge in [0.2, 0.25) is 5.95 Å². The molecular weight excluding hydrogens is 342 g/mol. The molecule has 1 aromatic heterocycles. The van der Waals surface area contributed by atoms with Gasteiger partial charge in [-0.25, -0.2) is 9.97 Å². The Morgan fingerprint density at radius 2 is 1.71 bits per heavy atom. The topological polar surface area (TPSA) is 72.0 Å². The number of hydrogen-bond acceptors (Lipinski definition) is 5. The van der Waals surface area contributed by atoms with Crippen LogP contribution in [0.25, 0.3) is 0 Å². The first kappa shape index (κ1) is 16.2. The number of aromatic hydroxyl groups is 1. The maximum Gasteiger partial charge on any atom is 0.221 e. The molecule has 0 saturated heterocycles. The molecule has 0 spiro atoms. The predicted octanol–water partition coefficient (Wildman–Crippen LogP) is 3.97. The second-order valence-electron chi connectivity index (χ2n) is 4.80. The van der Waals surface area contributed by atoms with E-state index in [1.54, 1.807) is 42.6 Å². The fraction of sp³-hybridized carbons (Fsp3) is 0. The lowest BCUT2D eigenvalue weighted by Crippen LogP contribution is -1.97. The van der Waals surface area contributed by atoms with E-state index in [9.17, 15) is 5.11 Å². The fourth-order valence-electron chi connectivity index (χ4n) is 1.84. The smallest absolute Gasteiger partial charge is 0.221 e. The van der Waals surface area contributed by atoms with Gasteiger partial charge in [-0.2, -0.15) is 0 Å². The molecule has 3 N–H and O–H groups in total. The SMILES string of the molecule is Nc1ncc(C#Cc2ccc(Cl)cc2)c(Sc2ccc(O)cc2)n1. The zero-order valence-corrected chi connectivity index (χ0v) is 14.0. The molecule has 24 heavy (non-hydrogen) atoms. The maximum absolute atomic E-state index is 9.36. The first-order valence-electron chi connectivity index (χ1n) is 6.97. The minimum atomic E-state index is 0.188. The number of halogens is 1. The summed E-state index contributed by atoms with van der Waals surface area (Å²) in [5.41, 5.74) is 7.21. The molecule has 0 aliphatic carbocycles. The number of nitrogens with two attached hydrogens (primary N) is 1. The van der Waals surface area contributed by atoms with Gasteiger partial charge in [0.15, 0.2) is 0 Å². The van der Waals surface area contributed by atoms with E-state index < -0.39 is 0 Å². The highest BCUT2D eigenvalue weighted by atomic mass is 35.5. The molecule has 0 bridgehead atoms. The molecule has 1 heterocycles. The Morgan fingerprint density at radius 1 is 1.00 bits per heavy atom. The van der Waals surface area contributed by atoms with Crippen molar-refractivity contribution in [2.45, 2.75) is 9.92 Å². The number of rotatable bonds is 2. The second kappa shape index (κ2) is 7.26. The summed E-state index contributed by atoms with van der Waals surface area (Å²) in [5, 5.41) is 10.7. The summed E-state index contributed by atoms with van der Waals surface area (Å²) in [6.07, 6.45) is 1.61. The molecule has 0 amide bonds. The van der Waals surface area contributed by atoms with Crippen LogP contribution in [0.5, 0.6) is 5.75 Å². The van der Waals surface area contributed by atoms with Crippen molar-refractivity contribution < 1.29 is 5.11 Å². The third-order valence-electron chi connectivity index (χ3n) is 3.01. The van der Waals surface area contributed by atoms with E-state index in [1.807, 2.05) is 12.1 Å². The first-order chi connectivity index (χ1) is 11.6. The van der Waals surface area contributed by atoms with Gasteiger partial charge in [0.05, 0.1) is 5.56 Å². The molecule has 0 aliphatic heterocycles. The number of hydrogen-bond donors (Lipinski definition) is 2. The molecule has 0 aliphatic rings. The van der Waals surface area contributed by atoms with E-state index in [-0.39, 0.29) is 11.7 Å². The Labute approximate surface area is 148 Å². The Bertz CT molecular complexity index is 916. The Kier molecular flexibility index (Phi) is 4.90. The molecule has 0 fully saturated rings. The van der Waals surface area contributed by atoms with Gasteiger partial charge in [0.1, 0.15) is 10.8 Å². The van der Waals surface area contributed by atoms with E-state index in [1.165, 1.54) is 11.8 Å². The van der Waals surface area contributed by atoms with E-state index in [0.29, 0.717) is 15.6 Å². The normalized spacial score (nSPS) is 10.0. The number of anilines is 1. The average Bonchev–Trinajstić information content (AvgIpc) is 2.58. The minimum absolute atomic E-state index is 0.188. The van der Waals surface area contributed by atoms with Crippen molar-refractivity contribution in [1.82, 2.24) is 9.97 Å². The van der Waals surface area contributed by atoms with Gasteiger partial charge in [0.25, 0.3) is 0 Å². The van der Waals surface area contributed by atoms with Crippen molar-refractivity contribution in [1.29, 1.82) is 0 Å². The van der Waals surface area contributed by atoms with Crippen molar-refractivity contribution in [2.24, 2.45) is 0 Å². The van der Waals surface area contributed by atoms with Crippen LogP contribution in [-0.2, 0) is 0 Å². The predicted molar refractivity (Wildman–Crippen MR) is 96.1 cm³/mol. The minimum Gasteiger partial charge on any atom is -0.508 e. The third-order valence-corrected chi connectivity index (χ3v) is 4.27. The quantitative estimate of drug-likeness (QED) is 0.538. The molecule has 0 unspecified atom stereocenters. The number of aromatic nitrogens is 2. The van der Waals surface area contributed by atoms with E-state index >= 15 is 0 Å². The van der Waals surface area contributed by atoms with Crippen molar-refractivity contribution in [3.05, 3.63) is 70.9 Å². The van der Waals surface area contributed by atoms with Crippen LogP contribution in [0.4, 0.5) is 5.95 Å². The van der Waals surface area contributed by atoms with Crippen LogP contribution in [0.1, 0.15) is 11.1 Å². The van der Waals surface area contributed by atoms with Gasteiger partial charge in [-0.3, -0.25) is 0 Å². The monoisotopic (exact) mass is 353 g/mol. The molecule has 2 aromatic carbocycles. The number of phenolic OH excluding ortho intramolecular Hbond substituents is 1. The molecular formula is C18H12ClN3OS. The largest absolute Gasteiger partial charge is 0.508 e. The molecule has 3 aromatic rings. The highest BCUT2D eigenvalue weighted by molar-refractivity contribution is 7.99. The molecule has 0 atom stereocenters. The highest BCUT2D eigenvalue weighted by Crippen LogP contribution is 2.29. The van der Waals surface area contributed by atoms with Gasteiger partial charge in [-0.05, 0) is 48.5 Å². The molecule has 3 rings (SSSR count). The number of nitrogen functional groups attached to an aromatic ring is 1. The molecule has 6 heteroatoms. The van der Waals surface area contributed by atoms with Gasteiger partial charge in [-0.1, -0.05) is 35.2 Å². The summed E-state index contributed by atoms with van der Waals surface area (Å²) in [5.74, 6) is 6.52. The Morgan fingerprint density at radius 3 is 2.42 bits per heavy atom. The van der Waals surface area contributed by atoms with Crippen LogP contribution < -0.4 is 5.73 Å². The van der Waals surface area contributed by atoms with Gasteiger partial charge in [-0.15, -0.1) is 0 Å². The number of phenols is 1. The lowest BCUT2D eigenvalue weighted by atomic mass is 10.2. The van der Waals surface area contributed by atoms with Crippen molar-refractivity contribution >= 4 is 29.3 Å². The van der Waals surface area contributed by atoms with Crippen molar-refractivity contribution in [3.63, 3.8) is 0 Å². The van der Waals surface area contributed by atoms with Crippen LogP contribution in [0, 0.1) is 11.8 Å². The fourth-order valence-corrected chi connectivity index (χ4v) is 2.82. The number of nitrogens with zero attached hydrogens (tertiary/aromatic N) is 2. The lowest BCUT2D eigenvalue weighted by Gasteiger charge is -2.04. The lowest BCUT2D eigenvalue weighted by molar-refractivity contribution is 0.475. The summed E-state index contributed by atoms with van der Waals surface area (Å²) in [7, 11) is 0. The number of benzene rings is 2. The van der Waals surface area contributed by atoms with E-state index in [4.69, 9.17) is 17.3 Å². The summed E-state index contributed by atoms with van der Waals surface area (Å²) in [4.78, 5) is 9.19. The molecule has 0 saturated carbocycles.